The first-order chi connectivity index (χ1) is 11.5. The summed E-state index contributed by atoms with van der Waals surface area (Å²) in [6.07, 6.45) is 0. The number of benzene rings is 3. The highest BCUT2D eigenvalue weighted by atomic mass is 32.2. The summed E-state index contributed by atoms with van der Waals surface area (Å²) in [5, 5.41) is 2.32. The van der Waals surface area contributed by atoms with Gasteiger partial charge in [0, 0.05) is 10.6 Å². The van der Waals surface area contributed by atoms with Crippen molar-refractivity contribution >= 4 is 32.4 Å². The van der Waals surface area contributed by atoms with Crippen LogP contribution in [0.5, 0.6) is 0 Å². The number of fused-ring (bicyclic) bond motifs is 1. The molecule has 0 N–H and O–H groups in total. The van der Waals surface area contributed by atoms with Gasteiger partial charge in [0.05, 0.1) is 4.90 Å². The lowest BCUT2D eigenvalue weighted by Gasteiger charge is -2.06. The Hall–Kier alpha value is -1.92. The van der Waals surface area contributed by atoms with Crippen LogP contribution in [-0.2, 0) is 15.6 Å². The Bertz CT molecular complexity index is 952. The van der Waals surface area contributed by atoms with Gasteiger partial charge in [-0.2, -0.15) is 8.78 Å². The molecule has 24 heavy (non-hydrogen) atoms. The third-order valence-corrected chi connectivity index (χ3v) is 6.08. The Morgan fingerprint density at radius 1 is 0.875 bits per heavy atom. The number of rotatable bonds is 5. The molecule has 124 valence electrons. The quantitative estimate of drug-likeness (QED) is 0.589. The predicted octanol–water partition coefficient (Wildman–Crippen LogP) is 5.13. The van der Waals surface area contributed by atoms with Crippen LogP contribution >= 0.6 is 11.8 Å². The van der Waals surface area contributed by atoms with E-state index in [0.717, 1.165) is 15.8 Å². The molecule has 0 saturated carbocycles. The van der Waals surface area contributed by atoms with Gasteiger partial charge in [-0.1, -0.05) is 42.5 Å². The fourth-order valence-electron chi connectivity index (χ4n) is 2.30. The summed E-state index contributed by atoms with van der Waals surface area (Å²) in [5.74, 6) is -2.76. The minimum absolute atomic E-state index is 0.350. The Morgan fingerprint density at radius 3 is 2.21 bits per heavy atom. The smallest absolute Gasteiger partial charge is 0.218 e. The molecule has 0 spiro atoms. The first kappa shape index (κ1) is 16.9. The number of thioether (sulfide) groups is 1. The highest BCUT2D eigenvalue weighted by molar-refractivity contribution is 7.98. The average Bonchev–Trinajstić information content (AvgIpc) is 2.60. The Balaban J connectivity index is 1.72. The largest absolute Gasteiger partial charge is 0.341 e. The molecule has 0 aliphatic carbocycles. The Labute approximate surface area is 143 Å². The molecule has 3 aromatic rings. The van der Waals surface area contributed by atoms with E-state index < -0.39 is 15.6 Å². The molecule has 0 fully saturated rings. The van der Waals surface area contributed by atoms with Gasteiger partial charge in [-0.15, -0.1) is 11.8 Å². The van der Waals surface area contributed by atoms with Crippen molar-refractivity contribution in [2.24, 2.45) is 0 Å². The van der Waals surface area contributed by atoms with Crippen molar-refractivity contribution in [1.29, 1.82) is 0 Å². The minimum Gasteiger partial charge on any atom is -0.218 e. The van der Waals surface area contributed by atoms with E-state index in [1.54, 1.807) is 23.9 Å². The van der Waals surface area contributed by atoms with Gasteiger partial charge in [-0.05, 0) is 40.6 Å². The van der Waals surface area contributed by atoms with E-state index in [1.165, 1.54) is 17.5 Å². The first-order valence-electron chi connectivity index (χ1n) is 7.19. The lowest BCUT2D eigenvalue weighted by molar-refractivity contribution is 0.234. The maximum absolute atomic E-state index is 12.5. The molecule has 0 aromatic heterocycles. The maximum atomic E-state index is 12.5. The van der Waals surface area contributed by atoms with E-state index in [1.807, 2.05) is 30.3 Å². The maximum Gasteiger partial charge on any atom is 0.341 e. The molecule has 0 heterocycles. The van der Waals surface area contributed by atoms with Gasteiger partial charge >= 0.3 is 5.76 Å². The van der Waals surface area contributed by atoms with Crippen molar-refractivity contribution in [3.8, 4) is 0 Å². The first-order valence-corrected chi connectivity index (χ1v) is 9.72. The number of halogens is 2. The van der Waals surface area contributed by atoms with Crippen LogP contribution in [0.1, 0.15) is 5.56 Å². The second-order valence-corrected chi connectivity index (χ2v) is 8.21. The van der Waals surface area contributed by atoms with E-state index in [2.05, 4.69) is 12.1 Å². The van der Waals surface area contributed by atoms with Gasteiger partial charge in [-0.3, -0.25) is 0 Å². The fourth-order valence-corrected chi connectivity index (χ4v) is 3.92. The summed E-state index contributed by atoms with van der Waals surface area (Å²) in [5.41, 5.74) is 0.876. The zero-order valence-corrected chi connectivity index (χ0v) is 14.2. The van der Waals surface area contributed by atoms with Gasteiger partial charge in [0.2, 0.25) is 9.84 Å². The molecule has 0 amide bonds. The van der Waals surface area contributed by atoms with Crippen molar-refractivity contribution in [3.05, 3.63) is 72.3 Å². The molecule has 0 atom stereocenters. The highest BCUT2D eigenvalue weighted by Crippen LogP contribution is 2.27. The molecule has 3 rings (SSSR count). The van der Waals surface area contributed by atoms with Crippen LogP contribution in [0, 0.1) is 0 Å². The lowest BCUT2D eigenvalue weighted by atomic mass is 10.1. The summed E-state index contributed by atoms with van der Waals surface area (Å²) < 4.78 is 47.8. The number of hydrogen-bond donors (Lipinski definition) is 0. The van der Waals surface area contributed by atoms with E-state index in [-0.39, 0.29) is 4.90 Å². The zero-order chi connectivity index (χ0) is 17.2. The second-order valence-electron chi connectivity index (χ2n) is 5.25. The zero-order valence-electron chi connectivity index (χ0n) is 12.5. The summed E-state index contributed by atoms with van der Waals surface area (Å²) in [6.45, 7) is 0. The van der Waals surface area contributed by atoms with Crippen LogP contribution in [0.25, 0.3) is 10.8 Å². The third-order valence-electron chi connectivity index (χ3n) is 3.61. The van der Waals surface area contributed by atoms with Gasteiger partial charge < -0.3 is 0 Å². The Morgan fingerprint density at radius 2 is 1.54 bits per heavy atom. The van der Waals surface area contributed by atoms with Gasteiger partial charge in [0.15, 0.2) is 0 Å². The van der Waals surface area contributed by atoms with Crippen molar-refractivity contribution in [2.45, 2.75) is 21.3 Å². The van der Waals surface area contributed by atoms with Crippen molar-refractivity contribution in [2.75, 3.05) is 0 Å². The SMILES string of the molecule is O=S(=O)(c1ccc(CSc2ccc3ccccc3c2)cc1)C(F)F. The molecule has 0 aliphatic heterocycles. The van der Waals surface area contributed by atoms with Gasteiger partial charge in [-0.25, -0.2) is 8.42 Å². The van der Waals surface area contributed by atoms with Crippen LogP contribution in [0.15, 0.2) is 76.5 Å². The molecule has 0 radical (unpaired) electrons. The van der Waals surface area contributed by atoms with E-state index in [9.17, 15) is 17.2 Å². The van der Waals surface area contributed by atoms with E-state index in [0.29, 0.717) is 5.75 Å². The molecule has 2 nitrogen and oxygen atoms in total. The molecule has 0 aliphatic rings. The lowest BCUT2D eigenvalue weighted by Crippen LogP contribution is -2.11. The predicted molar refractivity (Wildman–Crippen MR) is 93.1 cm³/mol. The normalized spacial score (nSPS) is 12.0. The average molecular weight is 364 g/mol. The number of sulfone groups is 1. The second kappa shape index (κ2) is 6.91. The fraction of sp³-hybridized carbons (Fsp3) is 0.111. The van der Waals surface area contributed by atoms with Gasteiger partial charge in [0.1, 0.15) is 0 Å². The highest BCUT2D eigenvalue weighted by Gasteiger charge is 2.26. The molecule has 0 bridgehead atoms. The summed E-state index contributed by atoms with van der Waals surface area (Å²) in [6, 6.07) is 19.9. The number of hydrogen-bond acceptors (Lipinski definition) is 3. The Kier molecular flexibility index (Phi) is 4.87. The van der Waals surface area contributed by atoms with Crippen molar-refractivity contribution < 1.29 is 17.2 Å². The van der Waals surface area contributed by atoms with Crippen LogP contribution in [-0.4, -0.2) is 14.2 Å². The molecular formula is C18H14F2O2S2. The number of alkyl halides is 2. The molecule has 6 heteroatoms. The van der Waals surface area contributed by atoms with Gasteiger partial charge in [0.25, 0.3) is 0 Å². The van der Waals surface area contributed by atoms with Crippen LogP contribution < -0.4 is 0 Å². The molecule has 0 saturated heterocycles. The third kappa shape index (κ3) is 3.60. The molecule has 3 aromatic carbocycles. The minimum atomic E-state index is -4.53. The van der Waals surface area contributed by atoms with E-state index in [4.69, 9.17) is 0 Å². The van der Waals surface area contributed by atoms with Crippen LogP contribution in [0.3, 0.4) is 0 Å². The topological polar surface area (TPSA) is 34.1 Å². The van der Waals surface area contributed by atoms with Crippen molar-refractivity contribution in [3.63, 3.8) is 0 Å². The van der Waals surface area contributed by atoms with Crippen molar-refractivity contribution in [1.82, 2.24) is 0 Å². The van der Waals surface area contributed by atoms with Crippen LogP contribution in [0.4, 0.5) is 8.78 Å². The summed E-state index contributed by atoms with van der Waals surface area (Å²) >= 11 is 1.61. The standard InChI is InChI=1S/C18H14F2O2S2/c19-18(20)24(21,22)17-9-5-13(6-10-17)12-23-16-8-7-14-3-1-2-4-15(14)11-16/h1-11,18H,12H2. The molecular weight excluding hydrogens is 350 g/mol. The monoisotopic (exact) mass is 364 g/mol. The van der Waals surface area contributed by atoms with E-state index >= 15 is 0 Å². The summed E-state index contributed by atoms with van der Waals surface area (Å²) in [4.78, 5) is 0.745. The summed E-state index contributed by atoms with van der Waals surface area (Å²) in [7, 11) is -4.53. The molecule has 0 unspecified atom stereocenters. The van der Waals surface area contributed by atoms with Crippen LogP contribution in [0.2, 0.25) is 0 Å².